The third kappa shape index (κ3) is 2.83. The van der Waals surface area contributed by atoms with Gasteiger partial charge in [-0.1, -0.05) is 18.2 Å². The summed E-state index contributed by atoms with van der Waals surface area (Å²) in [6, 6.07) is 14.0. The van der Waals surface area contributed by atoms with Gasteiger partial charge in [0.15, 0.2) is 0 Å². The predicted octanol–water partition coefficient (Wildman–Crippen LogP) is 2.67. The Morgan fingerprint density at radius 3 is 2.55 bits per heavy atom. The van der Waals surface area contributed by atoms with E-state index in [9.17, 15) is 18.3 Å². The molecule has 2 saturated carbocycles. The number of carbonyl (C=O) groups is 1. The van der Waals surface area contributed by atoms with E-state index in [0.29, 0.717) is 24.6 Å². The minimum absolute atomic E-state index is 0.107. The van der Waals surface area contributed by atoms with Crippen LogP contribution in [0.5, 0.6) is 0 Å². The fraction of sp³-hybridized carbons (Fsp3) is 0.458. The number of aliphatic hydroxyl groups excluding tert-OH is 1. The molecule has 2 heterocycles. The number of hydrogen-bond acceptors (Lipinski definition) is 4. The Labute approximate surface area is 182 Å². The van der Waals surface area contributed by atoms with Crippen LogP contribution < -0.4 is 4.90 Å². The Morgan fingerprint density at radius 1 is 1.00 bits per heavy atom. The predicted molar refractivity (Wildman–Crippen MR) is 116 cm³/mol. The molecule has 2 aromatic rings. The summed E-state index contributed by atoms with van der Waals surface area (Å²) in [4.78, 5) is 15.1. The van der Waals surface area contributed by atoms with E-state index in [1.165, 1.54) is 22.0 Å². The van der Waals surface area contributed by atoms with Gasteiger partial charge in [0.25, 0.3) is 5.91 Å². The van der Waals surface area contributed by atoms with E-state index in [1.54, 1.807) is 17.0 Å². The summed E-state index contributed by atoms with van der Waals surface area (Å²) in [5, 5.41) is 10.6. The van der Waals surface area contributed by atoms with Crippen molar-refractivity contribution >= 4 is 21.6 Å². The summed E-state index contributed by atoms with van der Waals surface area (Å²) >= 11 is 0. The number of para-hydroxylation sites is 1. The second-order valence-electron chi connectivity index (χ2n) is 9.42. The summed E-state index contributed by atoms with van der Waals surface area (Å²) in [6.45, 7) is 1.16. The Bertz CT molecular complexity index is 1140. The van der Waals surface area contributed by atoms with Gasteiger partial charge in [-0.05, 0) is 79.3 Å². The number of aliphatic hydroxyl groups is 1. The van der Waals surface area contributed by atoms with E-state index in [1.807, 2.05) is 18.2 Å². The lowest BCUT2D eigenvalue weighted by Crippen LogP contribution is -2.43. The Kier molecular flexibility index (Phi) is 4.32. The first-order valence-electron chi connectivity index (χ1n) is 11.1. The van der Waals surface area contributed by atoms with Gasteiger partial charge in [-0.3, -0.25) is 4.79 Å². The quantitative estimate of drug-likeness (QED) is 0.799. The molecule has 2 bridgehead atoms. The number of hydrogen-bond donors (Lipinski definition) is 1. The second-order valence-corrected chi connectivity index (χ2v) is 11.3. The Hall–Kier alpha value is -2.22. The average Bonchev–Trinajstić information content (AvgIpc) is 3.42. The van der Waals surface area contributed by atoms with Crippen molar-refractivity contribution < 1.29 is 18.3 Å². The van der Waals surface area contributed by atoms with E-state index in [-0.39, 0.29) is 28.7 Å². The minimum Gasteiger partial charge on any atom is -0.391 e. The van der Waals surface area contributed by atoms with Gasteiger partial charge in [-0.15, -0.1) is 0 Å². The van der Waals surface area contributed by atoms with Crippen molar-refractivity contribution in [2.75, 3.05) is 18.0 Å². The SMILES string of the molecule is O=C(c1ccc(S(=O)(=O)N2C[C@@H]3C[C@H]4C[C@H]3[C@H]2[C@@H]4O)cc1)N1CCCc2ccccc21. The summed E-state index contributed by atoms with van der Waals surface area (Å²) in [5.74, 6) is 0.792. The van der Waals surface area contributed by atoms with Crippen molar-refractivity contribution in [3.63, 3.8) is 0 Å². The van der Waals surface area contributed by atoms with Gasteiger partial charge in [-0.2, -0.15) is 4.31 Å². The number of benzene rings is 2. The van der Waals surface area contributed by atoms with Crippen LogP contribution in [0.15, 0.2) is 53.4 Å². The second kappa shape index (κ2) is 6.89. The highest BCUT2D eigenvalue weighted by Gasteiger charge is 2.61. The Morgan fingerprint density at radius 2 is 1.77 bits per heavy atom. The third-order valence-corrected chi connectivity index (χ3v) is 9.75. The number of fused-ring (bicyclic) bond motifs is 2. The smallest absolute Gasteiger partial charge is 0.258 e. The number of amides is 1. The zero-order chi connectivity index (χ0) is 21.3. The molecule has 1 amide bonds. The van der Waals surface area contributed by atoms with Gasteiger partial charge < -0.3 is 10.0 Å². The third-order valence-electron chi connectivity index (χ3n) is 7.87. The molecular weight excluding hydrogens is 412 g/mol. The molecule has 2 aliphatic carbocycles. The number of carbonyl (C=O) groups excluding carboxylic acids is 1. The largest absolute Gasteiger partial charge is 0.391 e. The highest BCUT2D eigenvalue weighted by Crippen LogP contribution is 2.56. The van der Waals surface area contributed by atoms with Gasteiger partial charge in [0.05, 0.1) is 17.0 Å². The maximum atomic E-state index is 13.4. The van der Waals surface area contributed by atoms with E-state index < -0.39 is 16.1 Å². The van der Waals surface area contributed by atoms with Gasteiger partial charge in [0.2, 0.25) is 10.0 Å². The fourth-order valence-corrected chi connectivity index (χ4v) is 8.18. The minimum atomic E-state index is -3.70. The molecule has 4 aliphatic rings. The van der Waals surface area contributed by atoms with E-state index in [2.05, 4.69) is 6.07 Å². The first-order valence-corrected chi connectivity index (χ1v) is 12.6. The molecule has 3 fully saturated rings. The summed E-state index contributed by atoms with van der Waals surface area (Å²) in [7, 11) is -3.70. The van der Waals surface area contributed by atoms with Crippen LogP contribution in [-0.4, -0.2) is 49.0 Å². The summed E-state index contributed by atoms with van der Waals surface area (Å²) in [6.07, 6.45) is 3.19. The number of nitrogens with zero attached hydrogens (tertiary/aromatic N) is 2. The van der Waals surface area contributed by atoms with Crippen molar-refractivity contribution in [1.29, 1.82) is 0 Å². The molecule has 162 valence electrons. The maximum absolute atomic E-state index is 13.4. The highest BCUT2D eigenvalue weighted by atomic mass is 32.2. The van der Waals surface area contributed by atoms with Crippen molar-refractivity contribution in [3.8, 4) is 0 Å². The zero-order valence-corrected chi connectivity index (χ0v) is 18.0. The monoisotopic (exact) mass is 438 g/mol. The molecule has 1 saturated heterocycles. The lowest BCUT2D eigenvalue weighted by atomic mass is 9.88. The lowest BCUT2D eigenvalue weighted by molar-refractivity contribution is 0.0731. The van der Waals surface area contributed by atoms with E-state index >= 15 is 0 Å². The van der Waals surface area contributed by atoms with Crippen molar-refractivity contribution in [2.24, 2.45) is 17.8 Å². The van der Waals surface area contributed by atoms with Crippen LogP contribution in [0.25, 0.3) is 0 Å². The molecule has 1 N–H and O–H groups in total. The molecule has 2 aromatic carbocycles. The van der Waals surface area contributed by atoms with E-state index in [0.717, 1.165) is 31.4 Å². The molecule has 5 atom stereocenters. The van der Waals surface area contributed by atoms with Crippen molar-refractivity contribution in [1.82, 2.24) is 4.31 Å². The van der Waals surface area contributed by atoms with Gasteiger partial charge in [0.1, 0.15) is 0 Å². The molecule has 7 heteroatoms. The topological polar surface area (TPSA) is 77.9 Å². The normalized spacial score (nSPS) is 31.8. The molecule has 0 unspecified atom stereocenters. The molecular formula is C24H26N2O4S. The highest BCUT2D eigenvalue weighted by molar-refractivity contribution is 7.89. The molecule has 0 aromatic heterocycles. The molecule has 0 radical (unpaired) electrons. The van der Waals surface area contributed by atoms with E-state index in [4.69, 9.17) is 0 Å². The van der Waals surface area contributed by atoms with Crippen LogP contribution in [0.3, 0.4) is 0 Å². The number of anilines is 1. The van der Waals surface area contributed by atoms with Crippen LogP contribution in [0.1, 0.15) is 35.2 Å². The number of aryl methyl sites for hydroxylation is 1. The van der Waals surface area contributed by atoms with Crippen LogP contribution in [0, 0.1) is 17.8 Å². The summed E-state index contributed by atoms with van der Waals surface area (Å²) in [5.41, 5.74) is 2.59. The van der Waals surface area contributed by atoms with Crippen LogP contribution >= 0.6 is 0 Å². The maximum Gasteiger partial charge on any atom is 0.258 e. The average molecular weight is 439 g/mol. The molecule has 31 heavy (non-hydrogen) atoms. The van der Waals surface area contributed by atoms with Crippen LogP contribution in [0.2, 0.25) is 0 Å². The Balaban J connectivity index is 1.26. The summed E-state index contributed by atoms with van der Waals surface area (Å²) < 4.78 is 28.2. The lowest BCUT2D eigenvalue weighted by Gasteiger charge is -2.30. The first kappa shape index (κ1) is 19.5. The van der Waals surface area contributed by atoms with Gasteiger partial charge in [-0.25, -0.2) is 8.42 Å². The van der Waals surface area contributed by atoms with Gasteiger partial charge >= 0.3 is 0 Å². The van der Waals surface area contributed by atoms with Gasteiger partial charge in [0, 0.05) is 24.3 Å². The van der Waals surface area contributed by atoms with Crippen molar-refractivity contribution in [2.45, 2.75) is 42.7 Å². The van der Waals surface area contributed by atoms with Crippen molar-refractivity contribution in [3.05, 3.63) is 59.7 Å². The zero-order valence-electron chi connectivity index (χ0n) is 17.2. The van der Waals surface area contributed by atoms with Crippen LogP contribution in [0.4, 0.5) is 5.69 Å². The molecule has 0 spiro atoms. The number of rotatable bonds is 3. The fourth-order valence-electron chi connectivity index (χ4n) is 6.44. The molecule has 2 aliphatic heterocycles. The molecule has 6 rings (SSSR count). The standard InChI is InChI=1S/C24H26N2O4S/c27-23-17-12-18-14-26(22(23)20(18)13-17)31(29,30)19-9-7-16(8-10-19)24(28)25-11-3-5-15-4-1-2-6-21(15)25/h1-2,4,6-10,17-18,20,22-23,27H,3,5,11-14H2/t17-,18-,20+,22-,23+/m0/s1. The van der Waals surface area contributed by atoms with Crippen LogP contribution in [-0.2, 0) is 16.4 Å². The number of sulfonamides is 1. The molecule has 6 nitrogen and oxygen atoms in total. The first-order chi connectivity index (χ1) is 14.9.